The number of hydrogen-bond donors (Lipinski definition) is 4. The fourth-order valence-corrected chi connectivity index (χ4v) is 3.58. The van der Waals surface area contributed by atoms with Crippen molar-refractivity contribution in [2.45, 2.75) is 51.5 Å². The Morgan fingerprint density at radius 2 is 1.71 bits per heavy atom. The molecular weight excluding hydrogens is 491 g/mol. The number of aliphatic hydroxyl groups is 1. The number of nitrogens with one attached hydrogen (secondary N) is 3. The minimum absolute atomic E-state index is 0. The number of nitrogens with zero attached hydrogens (tertiary/aromatic N) is 1. The van der Waals surface area contributed by atoms with E-state index >= 15 is 0 Å². The number of aliphatic hydroxyl groups excluding tert-OH is 1. The molecule has 0 spiro atoms. The smallest absolute Gasteiger partial charge is 0.240 e. The van der Waals surface area contributed by atoms with E-state index in [9.17, 15) is 13.5 Å². The van der Waals surface area contributed by atoms with E-state index in [1.165, 1.54) is 7.05 Å². The molecule has 9 heteroatoms. The lowest BCUT2D eigenvalue weighted by atomic mass is 9.79. The maximum absolute atomic E-state index is 11.8. The molecule has 0 aliphatic carbocycles. The van der Waals surface area contributed by atoms with Crippen LogP contribution in [-0.4, -0.2) is 46.2 Å². The summed E-state index contributed by atoms with van der Waals surface area (Å²) in [4.78, 5) is 4.83. The van der Waals surface area contributed by atoms with Gasteiger partial charge in [0.1, 0.15) is 0 Å². The van der Waals surface area contributed by atoms with Crippen molar-refractivity contribution in [3.8, 4) is 0 Å². The van der Waals surface area contributed by atoms with Gasteiger partial charge in [-0.2, -0.15) is 0 Å². The Morgan fingerprint density at radius 1 is 1.11 bits per heavy atom. The largest absolute Gasteiger partial charge is 0.396 e. The lowest BCUT2D eigenvalue weighted by Gasteiger charge is -2.32. The van der Waals surface area contributed by atoms with Crippen LogP contribution in [0, 0.1) is 5.41 Å². The molecule has 0 aliphatic rings. The Balaban J connectivity index is 0.00000729. The molecule has 0 aliphatic heterocycles. The number of halogens is 1. The van der Waals surface area contributed by atoms with E-state index in [-0.39, 0.29) is 40.9 Å². The highest BCUT2D eigenvalue weighted by Crippen LogP contribution is 2.29. The summed E-state index contributed by atoms with van der Waals surface area (Å²) in [7, 11) is -2.03. The molecular formula is C19H35IN4O3S. The van der Waals surface area contributed by atoms with Crippen LogP contribution in [0.4, 0.5) is 0 Å². The highest BCUT2D eigenvalue weighted by atomic mass is 127. The number of guanidine groups is 1. The lowest BCUT2D eigenvalue weighted by molar-refractivity contribution is 0.169. The highest BCUT2D eigenvalue weighted by molar-refractivity contribution is 14.0. The topological polar surface area (TPSA) is 103 Å². The van der Waals surface area contributed by atoms with E-state index in [1.54, 1.807) is 24.3 Å². The van der Waals surface area contributed by atoms with E-state index in [1.807, 2.05) is 6.92 Å². The van der Waals surface area contributed by atoms with Crippen LogP contribution in [0.25, 0.3) is 0 Å². The van der Waals surface area contributed by atoms with Crippen molar-refractivity contribution in [2.75, 3.05) is 26.7 Å². The van der Waals surface area contributed by atoms with Crippen LogP contribution in [0.1, 0.15) is 45.6 Å². The molecule has 0 atom stereocenters. The Hall–Kier alpha value is -0.910. The Labute approximate surface area is 186 Å². The highest BCUT2D eigenvalue weighted by Gasteiger charge is 2.25. The van der Waals surface area contributed by atoms with Gasteiger partial charge in [0, 0.05) is 19.7 Å². The third-order valence-electron chi connectivity index (χ3n) is 5.04. The molecule has 0 unspecified atom stereocenters. The number of hydrogen-bond acceptors (Lipinski definition) is 4. The van der Waals surface area contributed by atoms with Gasteiger partial charge in [0.15, 0.2) is 5.96 Å². The minimum atomic E-state index is -3.42. The second-order valence-electron chi connectivity index (χ2n) is 6.58. The second-order valence-corrected chi connectivity index (χ2v) is 8.47. The SMILES string of the molecule is CCNC(=NCc1ccc(S(=O)(=O)NC)cc1)NCC(CC)(CC)CCO.I. The second kappa shape index (κ2) is 13.3. The molecule has 4 N–H and O–H groups in total. The Bertz CT molecular complexity index is 690. The molecule has 0 radical (unpaired) electrons. The lowest BCUT2D eigenvalue weighted by Crippen LogP contribution is -2.43. The van der Waals surface area contributed by atoms with Crippen molar-refractivity contribution < 1.29 is 13.5 Å². The number of sulfonamides is 1. The van der Waals surface area contributed by atoms with Crippen LogP contribution in [0.5, 0.6) is 0 Å². The summed E-state index contributed by atoms with van der Waals surface area (Å²) in [5.74, 6) is 0.716. The number of rotatable bonds is 11. The summed E-state index contributed by atoms with van der Waals surface area (Å²) >= 11 is 0. The monoisotopic (exact) mass is 526 g/mol. The molecule has 7 nitrogen and oxygen atoms in total. The van der Waals surface area contributed by atoms with Crippen LogP contribution in [0.3, 0.4) is 0 Å². The average molecular weight is 526 g/mol. The Morgan fingerprint density at radius 3 is 2.18 bits per heavy atom. The molecule has 1 aromatic rings. The summed E-state index contributed by atoms with van der Waals surface area (Å²) in [6.07, 6.45) is 2.73. The summed E-state index contributed by atoms with van der Waals surface area (Å²) in [6, 6.07) is 6.70. The predicted molar refractivity (Wildman–Crippen MR) is 126 cm³/mol. The summed E-state index contributed by atoms with van der Waals surface area (Å²) < 4.78 is 25.9. The average Bonchev–Trinajstić information content (AvgIpc) is 2.69. The first-order valence-corrected chi connectivity index (χ1v) is 11.0. The van der Waals surface area contributed by atoms with Gasteiger partial charge in [-0.1, -0.05) is 26.0 Å². The van der Waals surface area contributed by atoms with E-state index < -0.39 is 10.0 Å². The van der Waals surface area contributed by atoms with Gasteiger partial charge in [-0.05, 0) is 56.3 Å². The van der Waals surface area contributed by atoms with Gasteiger partial charge >= 0.3 is 0 Å². The van der Waals surface area contributed by atoms with Crippen molar-refractivity contribution in [1.29, 1.82) is 0 Å². The first kappa shape index (κ1) is 27.1. The maximum atomic E-state index is 11.8. The van der Waals surface area contributed by atoms with Crippen molar-refractivity contribution in [1.82, 2.24) is 15.4 Å². The van der Waals surface area contributed by atoms with Gasteiger partial charge in [-0.3, -0.25) is 0 Å². The minimum Gasteiger partial charge on any atom is -0.396 e. The molecule has 0 aromatic heterocycles. The molecule has 0 saturated carbocycles. The van der Waals surface area contributed by atoms with Crippen LogP contribution in [0.2, 0.25) is 0 Å². The molecule has 0 amide bonds. The van der Waals surface area contributed by atoms with E-state index in [4.69, 9.17) is 0 Å². The van der Waals surface area contributed by atoms with Crippen LogP contribution in [-0.2, 0) is 16.6 Å². The molecule has 1 aromatic carbocycles. The zero-order chi connectivity index (χ0) is 20.3. The molecule has 0 saturated heterocycles. The summed E-state index contributed by atoms with van der Waals surface area (Å²) in [5, 5.41) is 16.0. The maximum Gasteiger partial charge on any atom is 0.240 e. The zero-order valence-corrected chi connectivity index (χ0v) is 20.4. The molecule has 0 bridgehead atoms. The van der Waals surface area contributed by atoms with Crippen molar-refractivity contribution in [2.24, 2.45) is 10.4 Å². The van der Waals surface area contributed by atoms with E-state index in [0.29, 0.717) is 12.5 Å². The molecule has 0 fully saturated rings. The standard InChI is InChI=1S/C19H34N4O3S.HI/c1-5-19(6-2,12-13-24)15-23-18(21-7-3)22-14-16-8-10-17(11-9-16)27(25,26)20-4;/h8-11,20,24H,5-7,12-15H2,1-4H3,(H2,21,22,23);1H. The molecule has 28 heavy (non-hydrogen) atoms. The van der Waals surface area contributed by atoms with Gasteiger partial charge in [0.2, 0.25) is 10.0 Å². The first-order chi connectivity index (χ1) is 12.9. The fraction of sp³-hybridized carbons (Fsp3) is 0.632. The molecule has 162 valence electrons. The van der Waals surface area contributed by atoms with Gasteiger partial charge in [-0.25, -0.2) is 18.1 Å². The predicted octanol–water partition coefficient (Wildman–Crippen LogP) is 2.46. The summed E-state index contributed by atoms with van der Waals surface area (Å²) in [6.45, 7) is 8.41. The van der Waals surface area contributed by atoms with Crippen molar-refractivity contribution in [3.05, 3.63) is 29.8 Å². The van der Waals surface area contributed by atoms with E-state index in [2.05, 4.69) is 34.2 Å². The van der Waals surface area contributed by atoms with Gasteiger partial charge < -0.3 is 15.7 Å². The van der Waals surface area contributed by atoms with Crippen molar-refractivity contribution >= 4 is 40.0 Å². The third kappa shape index (κ3) is 8.22. The first-order valence-electron chi connectivity index (χ1n) is 9.52. The Kier molecular flexibility index (Phi) is 12.9. The number of aliphatic imine (C=N–C) groups is 1. The quantitative estimate of drug-likeness (QED) is 0.202. The fourth-order valence-electron chi connectivity index (χ4n) is 2.85. The molecule has 1 rings (SSSR count). The van der Waals surface area contributed by atoms with Crippen LogP contribution >= 0.6 is 24.0 Å². The van der Waals surface area contributed by atoms with Crippen molar-refractivity contribution in [3.63, 3.8) is 0 Å². The van der Waals surface area contributed by atoms with Crippen LogP contribution in [0.15, 0.2) is 34.2 Å². The van der Waals surface area contributed by atoms with Gasteiger partial charge in [-0.15, -0.1) is 24.0 Å². The van der Waals surface area contributed by atoms with Crippen LogP contribution < -0.4 is 15.4 Å². The normalized spacial score (nSPS) is 12.4. The van der Waals surface area contributed by atoms with Gasteiger partial charge in [0.05, 0.1) is 11.4 Å². The third-order valence-corrected chi connectivity index (χ3v) is 6.47. The zero-order valence-electron chi connectivity index (χ0n) is 17.3. The van der Waals surface area contributed by atoms with Gasteiger partial charge in [0.25, 0.3) is 0 Å². The summed E-state index contributed by atoms with van der Waals surface area (Å²) in [5.41, 5.74) is 0.976. The van der Waals surface area contributed by atoms with E-state index in [0.717, 1.165) is 37.9 Å². The number of benzene rings is 1. The molecule has 0 heterocycles.